The number of nitrogens with zero attached hydrogens (tertiary/aromatic N) is 4. The van der Waals surface area contributed by atoms with E-state index in [0.717, 1.165) is 0 Å². The van der Waals surface area contributed by atoms with Gasteiger partial charge in [-0.3, -0.25) is 9.48 Å². The molecular weight excluding hydrogens is 198 g/mol. The summed E-state index contributed by atoms with van der Waals surface area (Å²) >= 11 is 0. The first-order valence-electron chi connectivity index (χ1n) is 4.32. The molecule has 7 nitrogen and oxygen atoms in total. The van der Waals surface area contributed by atoms with Crippen LogP contribution in [0.15, 0.2) is 12.5 Å². The third-order valence-corrected chi connectivity index (χ3v) is 1.95. The number of aliphatic carboxylic acids is 1. The third kappa shape index (κ3) is 1.85. The fourth-order valence-electron chi connectivity index (χ4n) is 1.23. The van der Waals surface area contributed by atoms with Crippen molar-refractivity contribution in [3.63, 3.8) is 0 Å². The Labute approximate surface area is 84.6 Å². The van der Waals surface area contributed by atoms with Crippen molar-refractivity contribution in [3.8, 4) is 0 Å². The van der Waals surface area contributed by atoms with Crippen molar-refractivity contribution in [1.82, 2.24) is 19.7 Å². The normalized spacial score (nSPS) is 10.7. The van der Waals surface area contributed by atoms with E-state index in [-0.39, 0.29) is 6.42 Å². The highest BCUT2D eigenvalue weighted by molar-refractivity contribution is 5.84. The molecule has 15 heavy (non-hydrogen) atoms. The van der Waals surface area contributed by atoms with Gasteiger partial charge in [-0.25, -0.2) is 9.97 Å². The van der Waals surface area contributed by atoms with Crippen LogP contribution in [0.2, 0.25) is 0 Å². The topological polar surface area (TPSA) is 107 Å². The lowest BCUT2D eigenvalue weighted by Gasteiger charge is -1.95. The molecule has 0 aliphatic rings. The summed E-state index contributed by atoms with van der Waals surface area (Å²) < 4.78 is 1.50. The molecule has 0 amide bonds. The summed E-state index contributed by atoms with van der Waals surface area (Å²) in [6, 6.07) is 0. The summed E-state index contributed by atoms with van der Waals surface area (Å²) in [6.45, 7) is 0.297. The van der Waals surface area contributed by atoms with Crippen molar-refractivity contribution in [3.05, 3.63) is 12.5 Å². The van der Waals surface area contributed by atoms with Gasteiger partial charge in [-0.15, -0.1) is 0 Å². The van der Waals surface area contributed by atoms with Gasteiger partial charge in [0.05, 0.1) is 18.4 Å². The van der Waals surface area contributed by atoms with Crippen LogP contribution < -0.4 is 5.73 Å². The van der Waals surface area contributed by atoms with Crippen molar-refractivity contribution < 1.29 is 9.90 Å². The molecule has 0 bridgehead atoms. The van der Waals surface area contributed by atoms with Crippen molar-refractivity contribution in [2.24, 2.45) is 0 Å². The molecule has 0 unspecified atom stereocenters. The van der Waals surface area contributed by atoms with E-state index in [1.54, 1.807) is 6.20 Å². The number of carbonyl (C=O) groups is 1. The van der Waals surface area contributed by atoms with Crippen molar-refractivity contribution >= 4 is 22.8 Å². The zero-order chi connectivity index (χ0) is 10.8. The van der Waals surface area contributed by atoms with Gasteiger partial charge in [0.25, 0.3) is 0 Å². The summed E-state index contributed by atoms with van der Waals surface area (Å²) in [7, 11) is 0. The Hall–Kier alpha value is -2.18. The standard InChI is InChI=1S/C8H9N5O2/c9-7-5-3-13(2-1-6(14)15)12-8(5)11-4-10-7/h3-4H,1-2H2,(H,14,15)(H2,9,10,11,12). The van der Waals surface area contributed by atoms with E-state index in [1.165, 1.54) is 11.0 Å². The van der Waals surface area contributed by atoms with Gasteiger partial charge in [-0.1, -0.05) is 0 Å². The fraction of sp³-hybridized carbons (Fsp3) is 0.250. The number of rotatable bonds is 3. The van der Waals surface area contributed by atoms with Gasteiger partial charge in [0.1, 0.15) is 12.1 Å². The van der Waals surface area contributed by atoms with Gasteiger partial charge in [0, 0.05) is 6.20 Å². The van der Waals surface area contributed by atoms with Gasteiger partial charge in [0.15, 0.2) is 5.65 Å². The second-order valence-electron chi connectivity index (χ2n) is 3.03. The number of hydrogen-bond donors (Lipinski definition) is 2. The Morgan fingerprint density at radius 1 is 1.53 bits per heavy atom. The summed E-state index contributed by atoms with van der Waals surface area (Å²) in [5, 5.41) is 13.2. The molecule has 78 valence electrons. The van der Waals surface area contributed by atoms with Crippen LogP contribution in [0.4, 0.5) is 5.82 Å². The second kappa shape index (κ2) is 3.52. The SMILES string of the molecule is Nc1ncnc2nn(CCC(=O)O)cc12. The lowest BCUT2D eigenvalue weighted by Crippen LogP contribution is -2.04. The van der Waals surface area contributed by atoms with Gasteiger partial charge in [0.2, 0.25) is 0 Å². The first-order valence-corrected chi connectivity index (χ1v) is 4.32. The van der Waals surface area contributed by atoms with Gasteiger partial charge >= 0.3 is 5.97 Å². The maximum atomic E-state index is 10.4. The van der Waals surface area contributed by atoms with Crippen molar-refractivity contribution in [1.29, 1.82) is 0 Å². The second-order valence-corrected chi connectivity index (χ2v) is 3.03. The average molecular weight is 207 g/mol. The zero-order valence-electron chi connectivity index (χ0n) is 7.79. The summed E-state index contributed by atoms with van der Waals surface area (Å²) in [4.78, 5) is 18.1. The lowest BCUT2D eigenvalue weighted by atomic mass is 10.4. The predicted octanol–water partition coefficient (Wildman–Crippen LogP) is -0.117. The molecule has 0 saturated carbocycles. The Kier molecular flexibility index (Phi) is 2.20. The molecule has 2 aromatic rings. The van der Waals surface area contributed by atoms with Crippen LogP contribution in [0.5, 0.6) is 0 Å². The number of aromatic nitrogens is 4. The Morgan fingerprint density at radius 3 is 3.00 bits per heavy atom. The number of carboxylic acids is 1. The van der Waals surface area contributed by atoms with Crippen molar-refractivity contribution in [2.75, 3.05) is 5.73 Å². The molecule has 2 aromatic heterocycles. The van der Waals surface area contributed by atoms with Crippen LogP contribution in [0.25, 0.3) is 11.0 Å². The summed E-state index contributed by atoms with van der Waals surface area (Å²) in [5.41, 5.74) is 6.08. The fourth-order valence-corrected chi connectivity index (χ4v) is 1.23. The van der Waals surface area contributed by atoms with Gasteiger partial charge in [-0.05, 0) is 0 Å². The number of aryl methyl sites for hydroxylation is 1. The third-order valence-electron chi connectivity index (χ3n) is 1.95. The first-order chi connectivity index (χ1) is 7.16. The molecule has 0 saturated heterocycles. The van der Waals surface area contributed by atoms with Crippen molar-refractivity contribution in [2.45, 2.75) is 13.0 Å². The molecule has 0 radical (unpaired) electrons. The molecule has 0 spiro atoms. The van der Waals surface area contributed by atoms with E-state index in [9.17, 15) is 4.79 Å². The summed E-state index contributed by atoms with van der Waals surface area (Å²) in [6.07, 6.45) is 2.99. The zero-order valence-corrected chi connectivity index (χ0v) is 7.79. The number of nitrogens with two attached hydrogens (primary N) is 1. The largest absolute Gasteiger partial charge is 0.481 e. The monoisotopic (exact) mass is 207 g/mol. The molecule has 0 aliphatic heterocycles. The molecule has 7 heteroatoms. The Bertz CT molecular complexity index is 507. The molecule has 0 aliphatic carbocycles. The van der Waals surface area contributed by atoms with Crippen LogP contribution in [0.1, 0.15) is 6.42 Å². The quantitative estimate of drug-likeness (QED) is 0.726. The number of nitrogen functional groups attached to an aromatic ring is 1. The molecule has 0 aromatic carbocycles. The maximum absolute atomic E-state index is 10.4. The number of hydrogen-bond acceptors (Lipinski definition) is 5. The highest BCUT2D eigenvalue weighted by Crippen LogP contribution is 2.14. The number of carboxylic acid groups (broad SMARTS) is 1. The van der Waals surface area contributed by atoms with E-state index in [4.69, 9.17) is 10.8 Å². The van der Waals surface area contributed by atoms with E-state index in [1.807, 2.05) is 0 Å². The number of fused-ring (bicyclic) bond motifs is 1. The summed E-state index contributed by atoms with van der Waals surface area (Å²) in [5.74, 6) is -0.518. The van der Waals surface area contributed by atoms with Gasteiger partial charge in [-0.2, -0.15) is 5.10 Å². The van der Waals surface area contributed by atoms with E-state index >= 15 is 0 Å². The lowest BCUT2D eigenvalue weighted by molar-refractivity contribution is -0.137. The molecule has 0 atom stereocenters. The van der Waals surface area contributed by atoms with Crippen LogP contribution in [0, 0.1) is 0 Å². The number of anilines is 1. The minimum atomic E-state index is -0.867. The smallest absolute Gasteiger partial charge is 0.305 e. The molecule has 0 fully saturated rings. The molecule has 3 N–H and O–H groups in total. The highest BCUT2D eigenvalue weighted by Gasteiger charge is 2.06. The molecule has 2 rings (SSSR count). The van der Waals surface area contributed by atoms with E-state index < -0.39 is 5.97 Å². The first kappa shape index (κ1) is 9.38. The maximum Gasteiger partial charge on any atom is 0.305 e. The average Bonchev–Trinajstić information content (AvgIpc) is 2.59. The van der Waals surface area contributed by atoms with Gasteiger partial charge < -0.3 is 10.8 Å². The molecule has 2 heterocycles. The predicted molar refractivity (Wildman–Crippen MR) is 52.0 cm³/mol. The Morgan fingerprint density at radius 2 is 2.33 bits per heavy atom. The minimum Gasteiger partial charge on any atom is -0.481 e. The van der Waals surface area contributed by atoms with Crippen LogP contribution >= 0.6 is 0 Å². The highest BCUT2D eigenvalue weighted by atomic mass is 16.4. The Balaban J connectivity index is 2.31. The minimum absolute atomic E-state index is 0.0152. The van der Waals surface area contributed by atoms with Crippen LogP contribution in [-0.2, 0) is 11.3 Å². The molecular formula is C8H9N5O2. The van der Waals surface area contributed by atoms with Crippen LogP contribution in [-0.4, -0.2) is 30.8 Å². The van der Waals surface area contributed by atoms with E-state index in [2.05, 4.69) is 15.1 Å². The van der Waals surface area contributed by atoms with Crippen LogP contribution in [0.3, 0.4) is 0 Å². The van der Waals surface area contributed by atoms with E-state index in [0.29, 0.717) is 23.4 Å².